The molecule has 0 radical (unpaired) electrons. The number of aliphatic hydroxyl groups is 1. The third-order valence-corrected chi connectivity index (χ3v) is 10.0. The molecule has 1 aliphatic heterocycles. The monoisotopic (exact) mass is 763 g/mol. The number of fused-ring (bicyclic) bond motifs is 1. The number of hydrogen-bond acceptors (Lipinski definition) is 8. The summed E-state index contributed by atoms with van der Waals surface area (Å²) in [4.78, 5) is 34.5. The van der Waals surface area contributed by atoms with Crippen LogP contribution in [0.3, 0.4) is 0 Å². The topological polar surface area (TPSA) is 146 Å². The molecular formula is C38H36Cl3N5O6. The lowest BCUT2D eigenvalue weighted by atomic mass is 9.98. The fourth-order valence-corrected chi connectivity index (χ4v) is 7.34. The van der Waals surface area contributed by atoms with Crippen LogP contribution in [0.2, 0.25) is 15.1 Å². The molecule has 1 saturated heterocycles. The molecule has 3 aromatic carbocycles. The van der Waals surface area contributed by atoms with Crippen molar-refractivity contribution >= 4 is 57.7 Å². The predicted octanol–water partition coefficient (Wildman–Crippen LogP) is 7.45. The van der Waals surface area contributed by atoms with Gasteiger partial charge in [0.25, 0.3) is 0 Å². The number of benzene rings is 3. The Labute approximate surface area is 315 Å². The minimum Gasteiger partial charge on any atom is -0.496 e. The highest BCUT2D eigenvalue weighted by Gasteiger charge is 2.26. The van der Waals surface area contributed by atoms with E-state index in [1.165, 1.54) is 12.0 Å². The van der Waals surface area contributed by atoms with Gasteiger partial charge in [-0.1, -0.05) is 65.1 Å². The van der Waals surface area contributed by atoms with Crippen LogP contribution in [0.15, 0.2) is 66.9 Å². The molecule has 3 heterocycles. The van der Waals surface area contributed by atoms with Crippen LogP contribution >= 0.6 is 34.8 Å². The second-order valence-electron chi connectivity index (χ2n) is 12.2. The molecule has 270 valence electrons. The van der Waals surface area contributed by atoms with Crippen molar-refractivity contribution in [1.29, 1.82) is 0 Å². The highest BCUT2D eigenvalue weighted by molar-refractivity contribution is 6.39. The predicted molar refractivity (Wildman–Crippen MR) is 202 cm³/mol. The molecular weight excluding hydrogens is 729 g/mol. The van der Waals surface area contributed by atoms with Crippen molar-refractivity contribution in [3.8, 4) is 45.1 Å². The number of nitrogens with zero attached hydrogens (tertiary/aromatic N) is 3. The maximum Gasteiger partial charge on any atom is 0.407 e. The van der Waals surface area contributed by atoms with Gasteiger partial charge in [0.05, 0.1) is 59.3 Å². The van der Waals surface area contributed by atoms with Gasteiger partial charge >= 0.3 is 6.09 Å². The summed E-state index contributed by atoms with van der Waals surface area (Å²) in [6.45, 7) is 1.15. The second kappa shape index (κ2) is 16.4. The van der Waals surface area contributed by atoms with Gasteiger partial charge in [-0.25, -0.2) is 9.78 Å². The van der Waals surface area contributed by atoms with Crippen molar-refractivity contribution in [1.82, 2.24) is 25.5 Å². The van der Waals surface area contributed by atoms with E-state index in [2.05, 4.69) is 15.6 Å². The lowest BCUT2D eigenvalue weighted by Crippen LogP contribution is -2.41. The first-order chi connectivity index (χ1) is 25.1. The van der Waals surface area contributed by atoms with Crippen molar-refractivity contribution < 1.29 is 29.3 Å². The first-order valence-electron chi connectivity index (χ1n) is 16.5. The van der Waals surface area contributed by atoms with Crippen molar-refractivity contribution in [3.05, 3.63) is 93.1 Å². The molecule has 0 bridgehead atoms. The van der Waals surface area contributed by atoms with Crippen LogP contribution in [0.1, 0.15) is 24.0 Å². The summed E-state index contributed by atoms with van der Waals surface area (Å²) >= 11 is 20.9. The average molecular weight is 765 g/mol. The van der Waals surface area contributed by atoms with Crippen molar-refractivity contribution in [2.24, 2.45) is 0 Å². The number of amides is 2. The molecule has 11 nitrogen and oxygen atoms in total. The fraction of sp³-hybridized carbons (Fsp3) is 0.263. The van der Waals surface area contributed by atoms with Crippen molar-refractivity contribution in [2.75, 3.05) is 33.9 Å². The number of carbonyl (C=O) groups is 2. The summed E-state index contributed by atoms with van der Waals surface area (Å²) < 4.78 is 11.4. The van der Waals surface area contributed by atoms with E-state index in [0.29, 0.717) is 97.2 Å². The molecule has 2 amide bonds. The van der Waals surface area contributed by atoms with Crippen LogP contribution in [0.4, 0.5) is 4.79 Å². The second-order valence-corrected chi connectivity index (χ2v) is 13.4. The van der Waals surface area contributed by atoms with E-state index in [1.54, 1.807) is 37.6 Å². The third-order valence-electron chi connectivity index (χ3n) is 8.94. The maximum absolute atomic E-state index is 12.1. The van der Waals surface area contributed by atoms with Crippen LogP contribution in [-0.2, 0) is 17.9 Å². The molecule has 4 N–H and O–H groups in total. The number of carboxylic acid groups (broad SMARTS) is 1. The number of pyridine rings is 2. The highest BCUT2D eigenvalue weighted by atomic mass is 35.5. The molecule has 1 fully saturated rings. The lowest BCUT2D eigenvalue weighted by molar-refractivity contribution is -0.119. The van der Waals surface area contributed by atoms with Gasteiger partial charge in [-0.05, 0) is 36.8 Å². The van der Waals surface area contributed by atoms with Gasteiger partial charge in [-0.3, -0.25) is 9.78 Å². The number of rotatable bonds is 13. The molecule has 2 aromatic heterocycles. The molecule has 52 heavy (non-hydrogen) atoms. The first-order valence-corrected chi connectivity index (χ1v) is 17.6. The van der Waals surface area contributed by atoms with E-state index in [0.717, 1.165) is 10.9 Å². The average Bonchev–Trinajstić information content (AvgIpc) is 3.56. The Balaban J connectivity index is 1.31. The zero-order valence-corrected chi connectivity index (χ0v) is 30.6. The number of nitrogens with one attached hydrogen (secondary N) is 2. The van der Waals surface area contributed by atoms with Gasteiger partial charge in [0.1, 0.15) is 11.5 Å². The van der Waals surface area contributed by atoms with Crippen LogP contribution in [-0.4, -0.2) is 77.0 Å². The maximum atomic E-state index is 12.1. The Hall–Kier alpha value is -4.65. The number of methoxy groups -OCH3 is 2. The quantitative estimate of drug-likeness (QED) is 0.0899. The van der Waals surface area contributed by atoms with E-state index in [-0.39, 0.29) is 31.6 Å². The lowest BCUT2D eigenvalue weighted by Gasteiger charge is -2.24. The van der Waals surface area contributed by atoms with Crippen LogP contribution in [0.5, 0.6) is 11.5 Å². The van der Waals surface area contributed by atoms with Gasteiger partial charge in [0, 0.05) is 77.1 Å². The third kappa shape index (κ3) is 7.74. The van der Waals surface area contributed by atoms with Gasteiger partial charge in [-0.15, -0.1) is 0 Å². The van der Waals surface area contributed by atoms with E-state index in [1.807, 2.05) is 36.4 Å². The summed E-state index contributed by atoms with van der Waals surface area (Å²) in [6.07, 6.45) is 1.52. The Morgan fingerprint density at radius 2 is 1.79 bits per heavy atom. The van der Waals surface area contributed by atoms with Gasteiger partial charge < -0.3 is 35.2 Å². The van der Waals surface area contributed by atoms with Gasteiger partial charge in [0.2, 0.25) is 5.91 Å². The Morgan fingerprint density at radius 1 is 1.00 bits per heavy atom. The van der Waals surface area contributed by atoms with Crippen LogP contribution < -0.4 is 20.1 Å². The molecule has 0 spiro atoms. The molecule has 0 saturated carbocycles. The first kappa shape index (κ1) is 37.1. The smallest absolute Gasteiger partial charge is 0.407 e. The number of hydrogen-bond donors (Lipinski definition) is 4. The summed E-state index contributed by atoms with van der Waals surface area (Å²) in [5.74, 6) is 1.03. The normalized spacial score (nSPS) is 14.0. The number of ether oxygens (including phenoxy) is 2. The highest BCUT2D eigenvalue weighted by Crippen LogP contribution is 2.43. The van der Waals surface area contributed by atoms with Gasteiger partial charge in [0.15, 0.2) is 0 Å². The number of carbonyl (C=O) groups excluding carboxylic acids is 1. The summed E-state index contributed by atoms with van der Waals surface area (Å²) in [5.41, 5.74) is 5.79. The molecule has 1 atom stereocenters. The molecule has 14 heteroatoms. The number of aromatic nitrogens is 2. The molecule has 1 aliphatic rings. The van der Waals surface area contributed by atoms with Crippen molar-refractivity contribution in [3.63, 3.8) is 0 Å². The molecule has 6 rings (SSSR count). The zero-order chi connectivity index (χ0) is 36.9. The van der Waals surface area contributed by atoms with Crippen molar-refractivity contribution in [2.45, 2.75) is 32.0 Å². The van der Waals surface area contributed by atoms with Crippen LogP contribution in [0, 0.1) is 0 Å². The standard InChI is InChI=1S/C38H36Cl3N5O6/c1-51-31-17-21(6-7-22(31)19-46(38(49)50)20-24-8-11-32(48)44-24)35-34(41)26(12-13-43-35)25-4-3-5-27(33(25)40)30-10-9-28-36(45-30)29(39)16-23(37(28)52-2)18-42-14-15-47/h3-7,9-10,12-13,16-17,24,42,47H,8,11,14-15,18-20H2,1-2H3,(H,44,48)(H,49,50). The summed E-state index contributed by atoms with van der Waals surface area (Å²) in [6, 6.07) is 18.1. The Bertz CT molecular complexity index is 2150. The number of aliphatic hydroxyl groups excluding tert-OH is 1. The SMILES string of the molecule is COc1cc(-c2nccc(-c3cccc(-c4ccc5c(OC)c(CNCCO)cc(Cl)c5n4)c3Cl)c2Cl)ccc1CN(CC1CCC(=O)N1)C(=O)O. The Kier molecular flexibility index (Phi) is 11.7. The fourth-order valence-electron chi connectivity index (χ4n) is 6.42. The van der Waals surface area contributed by atoms with E-state index >= 15 is 0 Å². The van der Waals surface area contributed by atoms with E-state index in [9.17, 15) is 14.7 Å². The number of halogens is 3. The minimum absolute atomic E-state index is 0.0161. The van der Waals surface area contributed by atoms with E-state index < -0.39 is 6.09 Å². The van der Waals surface area contributed by atoms with E-state index in [4.69, 9.17) is 54.4 Å². The largest absolute Gasteiger partial charge is 0.496 e. The Morgan fingerprint density at radius 3 is 2.50 bits per heavy atom. The minimum atomic E-state index is -1.09. The van der Waals surface area contributed by atoms with Crippen LogP contribution in [0.25, 0.3) is 44.5 Å². The van der Waals surface area contributed by atoms with Gasteiger partial charge in [-0.2, -0.15) is 0 Å². The summed E-state index contributed by atoms with van der Waals surface area (Å²) in [5, 5.41) is 27.0. The molecule has 1 unspecified atom stereocenters. The molecule has 0 aliphatic carbocycles. The molecule has 5 aromatic rings. The summed E-state index contributed by atoms with van der Waals surface area (Å²) in [7, 11) is 3.11. The zero-order valence-electron chi connectivity index (χ0n) is 28.4.